The van der Waals surface area contributed by atoms with Gasteiger partial charge in [-0.15, -0.1) is 0 Å². The van der Waals surface area contributed by atoms with Crippen molar-refractivity contribution in [2.45, 2.75) is 26.4 Å². The molecule has 0 spiro atoms. The molecule has 19 heavy (non-hydrogen) atoms. The molecule has 1 atom stereocenters. The van der Waals surface area contributed by atoms with Crippen LogP contribution in [0.1, 0.15) is 20.3 Å². The minimum atomic E-state index is -0.0398. The average molecular weight is 266 g/mol. The smallest absolute Gasteiger partial charge is 0.223 e. The Hall–Kier alpha value is -1.75. The highest BCUT2D eigenvalue weighted by Gasteiger charge is 2.05. The third kappa shape index (κ3) is 6.67. The van der Waals surface area contributed by atoms with E-state index in [4.69, 9.17) is 15.2 Å². The molecule has 0 aliphatic carbocycles. The first-order chi connectivity index (χ1) is 9.11. The first-order valence-electron chi connectivity index (χ1n) is 6.48. The zero-order chi connectivity index (χ0) is 14.1. The minimum absolute atomic E-state index is 0.0342. The third-order valence-electron chi connectivity index (χ3n) is 2.52. The van der Waals surface area contributed by atoms with Crippen LogP contribution in [0.25, 0.3) is 0 Å². The summed E-state index contributed by atoms with van der Waals surface area (Å²) < 4.78 is 10.8. The number of ether oxygens (including phenoxy) is 2. The highest BCUT2D eigenvalue weighted by atomic mass is 16.5. The molecule has 5 nitrogen and oxygen atoms in total. The molecule has 0 heterocycles. The molecule has 5 heteroatoms. The second-order valence-corrected chi connectivity index (χ2v) is 4.24. The number of carbonyl (C=O) groups is 1. The van der Waals surface area contributed by atoms with Gasteiger partial charge in [-0.05, 0) is 38.1 Å². The van der Waals surface area contributed by atoms with Gasteiger partial charge in [-0.3, -0.25) is 4.79 Å². The molecule has 0 fully saturated rings. The minimum Gasteiger partial charge on any atom is -0.493 e. The maximum Gasteiger partial charge on any atom is 0.223 e. The quantitative estimate of drug-likeness (QED) is 0.701. The summed E-state index contributed by atoms with van der Waals surface area (Å²) in [5.74, 6) is 0.673. The van der Waals surface area contributed by atoms with Crippen molar-refractivity contribution in [3.05, 3.63) is 24.3 Å². The highest BCUT2D eigenvalue weighted by molar-refractivity contribution is 5.76. The van der Waals surface area contributed by atoms with Crippen LogP contribution in [-0.2, 0) is 9.53 Å². The summed E-state index contributed by atoms with van der Waals surface area (Å²) in [5.41, 5.74) is 6.25. The topological polar surface area (TPSA) is 73.6 Å². The van der Waals surface area contributed by atoms with E-state index >= 15 is 0 Å². The van der Waals surface area contributed by atoms with Crippen molar-refractivity contribution in [2.24, 2.45) is 0 Å². The van der Waals surface area contributed by atoms with Gasteiger partial charge in [-0.25, -0.2) is 0 Å². The standard InChI is InChI=1S/C14H22N2O3/c1-3-18-11(2)10-16-14(17)8-9-19-13-6-4-12(15)5-7-13/h4-7,11H,3,8-10,15H2,1-2H3,(H,16,17). The molecule has 106 valence electrons. The number of benzene rings is 1. The first-order valence-corrected chi connectivity index (χ1v) is 6.48. The van der Waals surface area contributed by atoms with Crippen LogP contribution in [0.3, 0.4) is 0 Å². The fourth-order valence-corrected chi connectivity index (χ4v) is 1.52. The molecule has 0 radical (unpaired) electrons. The molecule has 1 aromatic rings. The lowest BCUT2D eigenvalue weighted by molar-refractivity contribution is -0.122. The van der Waals surface area contributed by atoms with Crippen molar-refractivity contribution < 1.29 is 14.3 Å². The van der Waals surface area contributed by atoms with E-state index in [-0.39, 0.29) is 12.0 Å². The second-order valence-electron chi connectivity index (χ2n) is 4.24. The van der Waals surface area contributed by atoms with Gasteiger partial charge in [0.05, 0.1) is 19.1 Å². The van der Waals surface area contributed by atoms with Crippen LogP contribution in [-0.4, -0.2) is 31.8 Å². The summed E-state index contributed by atoms with van der Waals surface area (Å²) in [7, 11) is 0. The zero-order valence-corrected chi connectivity index (χ0v) is 11.5. The monoisotopic (exact) mass is 266 g/mol. The third-order valence-corrected chi connectivity index (χ3v) is 2.52. The van der Waals surface area contributed by atoms with Gasteiger partial charge >= 0.3 is 0 Å². The fraction of sp³-hybridized carbons (Fsp3) is 0.500. The van der Waals surface area contributed by atoms with Crippen molar-refractivity contribution in [1.82, 2.24) is 5.32 Å². The molecule has 3 N–H and O–H groups in total. The van der Waals surface area contributed by atoms with Crippen LogP contribution < -0.4 is 15.8 Å². The largest absolute Gasteiger partial charge is 0.493 e. The molecule has 0 saturated heterocycles. The van der Waals surface area contributed by atoms with Crippen LogP contribution in [0.2, 0.25) is 0 Å². The average Bonchev–Trinajstić information content (AvgIpc) is 2.39. The molecular formula is C14H22N2O3. The van der Waals surface area contributed by atoms with Gasteiger partial charge in [0.2, 0.25) is 5.91 Å². The van der Waals surface area contributed by atoms with E-state index in [1.807, 2.05) is 13.8 Å². The van der Waals surface area contributed by atoms with E-state index in [9.17, 15) is 4.79 Å². The Morgan fingerprint density at radius 3 is 2.68 bits per heavy atom. The number of amides is 1. The van der Waals surface area contributed by atoms with Gasteiger partial charge in [-0.1, -0.05) is 0 Å². The highest BCUT2D eigenvalue weighted by Crippen LogP contribution is 2.12. The van der Waals surface area contributed by atoms with Gasteiger partial charge in [0.25, 0.3) is 0 Å². The zero-order valence-electron chi connectivity index (χ0n) is 11.5. The number of anilines is 1. The molecule has 1 unspecified atom stereocenters. The van der Waals surface area contributed by atoms with Crippen molar-refractivity contribution in [1.29, 1.82) is 0 Å². The maximum atomic E-state index is 11.5. The predicted octanol–water partition coefficient (Wildman–Crippen LogP) is 1.58. The summed E-state index contributed by atoms with van der Waals surface area (Å²) >= 11 is 0. The molecule has 0 bridgehead atoms. The van der Waals surface area contributed by atoms with E-state index in [0.717, 1.165) is 0 Å². The Bertz CT molecular complexity index is 379. The van der Waals surface area contributed by atoms with Crippen molar-refractivity contribution in [3.63, 3.8) is 0 Å². The van der Waals surface area contributed by atoms with E-state index in [2.05, 4.69) is 5.32 Å². The summed E-state index contributed by atoms with van der Waals surface area (Å²) in [6.07, 6.45) is 0.357. The lowest BCUT2D eigenvalue weighted by atomic mass is 10.3. The SMILES string of the molecule is CCOC(C)CNC(=O)CCOc1ccc(N)cc1. The molecule has 0 aliphatic rings. The van der Waals surface area contributed by atoms with E-state index in [1.54, 1.807) is 24.3 Å². The van der Waals surface area contributed by atoms with E-state index < -0.39 is 0 Å². The summed E-state index contributed by atoms with van der Waals surface area (Å²) in [5, 5.41) is 2.80. The Morgan fingerprint density at radius 2 is 2.05 bits per heavy atom. The van der Waals surface area contributed by atoms with Crippen LogP contribution in [0.15, 0.2) is 24.3 Å². The molecule has 0 aliphatic heterocycles. The maximum absolute atomic E-state index is 11.5. The van der Waals surface area contributed by atoms with Crippen molar-refractivity contribution >= 4 is 11.6 Å². The number of nitrogen functional groups attached to an aromatic ring is 1. The predicted molar refractivity (Wildman–Crippen MR) is 75.1 cm³/mol. The second kappa shape index (κ2) is 8.37. The first kappa shape index (κ1) is 15.3. The number of rotatable bonds is 8. The summed E-state index contributed by atoms with van der Waals surface area (Å²) in [6.45, 7) is 5.37. The van der Waals surface area contributed by atoms with Crippen LogP contribution in [0, 0.1) is 0 Å². The van der Waals surface area contributed by atoms with E-state index in [0.29, 0.717) is 37.6 Å². The number of hydrogen-bond donors (Lipinski definition) is 2. The van der Waals surface area contributed by atoms with Gasteiger partial charge < -0.3 is 20.5 Å². The van der Waals surface area contributed by atoms with Gasteiger partial charge in [0, 0.05) is 18.8 Å². The molecule has 1 amide bonds. The number of carbonyl (C=O) groups excluding carboxylic acids is 1. The molecule has 1 rings (SSSR count). The summed E-state index contributed by atoms with van der Waals surface area (Å²) in [6, 6.07) is 7.09. The van der Waals surface area contributed by atoms with Crippen molar-refractivity contribution in [3.8, 4) is 5.75 Å². The van der Waals surface area contributed by atoms with Crippen LogP contribution >= 0.6 is 0 Å². The lowest BCUT2D eigenvalue weighted by Gasteiger charge is -2.12. The number of nitrogens with one attached hydrogen (secondary N) is 1. The van der Waals surface area contributed by atoms with Crippen LogP contribution in [0.5, 0.6) is 5.75 Å². The summed E-state index contributed by atoms with van der Waals surface area (Å²) in [4.78, 5) is 11.5. The van der Waals surface area contributed by atoms with Gasteiger partial charge in [0.1, 0.15) is 5.75 Å². The van der Waals surface area contributed by atoms with Gasteiger partial charge in [0.15, 0.2) is 0 Å². The molecule has 1 aromatic carbocycles. The van der Waals surface area contributed by atoms with E-state index in [1.165, 1.54) is 0 Å². The molecule has 0 aromatic heterocycles. The molecular weight excluding hydrogens is 244 g/mol. The number of nitrogens with two attached hydrogens (primary N) is 1. The van der Waals surface area contributed by atoms with Gasteiger partial charge in [-0.2, -0.15) is 0 Å². The van der Waals surface area contributed by atoms with Crippen LogP contribution in [0.4, 0.5) is 5.69 Å². The Morgan fingerprint density at radius 1 is 1.37 bits per heavy atom. The normalized spacial score (nSPS) is 11.9. The Balaban J connectivity index is 2.15. The Labute approximate surface area is 114 Å². The fourth-order valence-electron chi connectivity index (χ4n) is 1.52. The Kier molecular flexibility index (Phi) is 6.74. The lowest BCUT2D eigenvalue weighted by Crippen LogP contribution is -2.32. The number of hydrogen-bond acceptors (Lipinski definition) is 4. The molecule has 0 saturated carbocycles. The van der Waals surface area contributed by atoms with Crippen molar-refractivity contribution in [2.75, 3.05) is 25.5 Å².